The summed E-state index contributed by atoms with van der Waals surface area (Å²) in [6.45, 7) is 1.83. The molecule has 2 N–H and O–H groups in total. The summed E-state index contributed by atoms with van der Waals surface area (Å²) in [6.07, 6.45) is 1.97. The van der Waals surface area contributed by atoms with Crippen molar-refractivity contribution in [2.75, 3.05) is 7.05 Å². The zero-order valence-electron chi connectivity index (χ0n) is 16.0. The Balaban J connectivity index is 1.63. The van der Waals surface area contributed by atoms with Crippen LogP contribution in [0.2, 0.25) is 0 Å². The topological polar surface area (TPSA) is 63.0 Å². The van der Waals surface area contributed by atoms with Crippen molar-refractivity contribution in [2.45, 2.75) is 33.5 Å². The van der Waals surface area contributed by atoms with E-state index in [4.69, 9.17) is 0 Å². The number of guanidine groups is 1. The highest BCUT2D eigenvalue weighted by atomic mass is 19.3. The highest BCUT2D eigenvalue weighted by molar-refractivity contribution is 5.79. The lowest BCUT2D eigenvalue weighted by Gasteiger charge is -2.14. The quantitative estimate of drug-likeness (QED) is 0.503. The van der Waals surface area contributed by atoms with Gasteiger partial charge >= 0.3 is 6.61 Å². The van der Waals surface area contributed by atoms with Gasteiger partial charge in [-0.15, -0.1) is 0 Å². The van der Waals surface area contributed by atoms with Crippen molar-refractivity contribution in [3.63, 3.8) is 0 Å². The normalized spacial score (nSPS) is 11.9. The standard InChI is InChI=1S/C20H23F2N5O/c1-13-7-8-17(28-19(21)22)15(9-13)10-24-20(23-3)25-11-16-12-27-14(2)5-4-6-18(27)26-16/h4-9,12,19H,10-11H2,1-3H3,(H2,23,24,25). The molecular weight excluding hydrogens is 364 g/mol. The number of hydrogen-bond donors (Lipinski definition) is 2. The smallest absolute Gasteiger partial charge is 0.387 e. The van der Waals surface area contributed by atoms with Crippen LogP contribution in [0.15, 0.2) is 47.6 Å². The number of benzene rings is 1. The summed E-state index contributed by atoms with van der Waals surface area (Å²) in [7, 11) is 1.65. The zero-order chi connectivity index (χ0) is 20.1. The number of rotatable bonds is 6. The van der Waals surface area contributed by atoms with Crippen LogP contribution in [-0.2, 0) is 13.1 Å². The van der Waals surface area contributed by atoms with Crippen molar-refractivity contribution in [3.8, 4) is 5.75 Å². The lowest BCUT2D eigenvalue weighted by atomic mass is 10.1. The van der Waals surface area contributed by atoms with Crippen LogP contribution in [0.5, 0.6) is 5.75 Å². The van der Waals surface area contributed by atoms with Crippen molar-refractivity contribution in [2.24, 2.45) is 4.99 Å². The fraction of sp³-hybridized carbons (Fsp3) is 0.300. The zero-order valence-corrected chi connectivity index (χ0v) is 16.0. The molecule has 6 nitrogen and oxygen atoms in total. The van der Waals surface area contributed by atoms with Gasteiger partial charge in [0.25, 0.3) is 0 Å². The number of aromatic nitrogens is 2. The summed E-state index contributed by atoms with van der Waals surface area (Å²) in [6, 6.07) is 11.0. The molecule has 3 rings (SSSR count). The number of fused-ring (bicyclic) bond motifs is 1. The predicted molar refractivity (Wildman–Crippen MR) is 105 cm³/mol. The number of aliphatic imine (C=N–C) groups is 1. The van der Waals surface area contributed by atoms with Gasteiger partial charge in [0.2, 0.25) is 0 Å². The van der Waals surface area contributed by atoms with E-state index in [0.717, 1.165) is 22.6 Å². The molecule has 2 heterocycles. The van der Waals surface area contributed by atoms with Crippen LogP contribution >= 0.6 is 0 Å². The van der Waals surface area contributed by atoms with Gasteiger partial charge in [0, 0.05) is 31.0 Å². The molecule has 0 aliphatic heterocycles. The molecule has 0 spiro atoms. The third-order valence-electron chi connectivity index (χ3n) is 4.28. The first-order chi connectivity index (χ1) is 13.5. The Morgan fingerprint density at radius 2 is 1.96 bits per heavy atom. The summed E-state index contributed by atoms with van der Waals surface area (Å²) >= 11 is 0. The van der Waals surface area contributed by atoms with Gasteiger partial charge in [0.15, 0.2) is 5.96 Å². The number of aryl methyl sites for hydroxylation is 2. The molecule has 0 fully saturated rings. The van der Waals surface area contributed by atoms with Gasteiger partial charge in [-0.05, 0) is 32.0 Å². The molecule has 0 saturated heterocycles. The first kappa shape index (κ1) is 19.6. The van der Waals surface area contributed by atoms with E-state index in [2.05, 4.69) is 25.3 Å². The lowest BCUT2D eigenvalue weighted by Crippen LogP contribution is -2.36. The third-order valence-corrected chi connectivity index (χ3v) is 4.28. The molecule has 2 aromatic heterocycles. The number of halogens is 2. The van der Waals surface area contributed by atoms with Gasteiger partial charge in [-0.3, -0.25) is 4.99 Å². The Labute approximate surface area is 162 Å². The highest BCUT2D eigenvalue weighted by Crippen LogP contribution is 2.22. The highest BCUT2D eigenvalue weighted by Gasteiger charge is 2.11. The van der Waals surface area contributed by atoms with Gasteiger partial charge in [0.1, 0.15) is 11.4 Å². The monoisotopic (exact) mass is 387 g/mol. The molecule has 0 unspecified atom stereocenters. The van der Waals surface area contributed by atoms with Gasteiger partial charge < -0.3 is 19.8 Å². The average Bonchev–Trinajstić information content (AvgIpc) is 3.08. The number of imidazole rings is 1. The van der Waals surface area contributed by atoms with Crippen molar-refractivity contribution >= 4 is 11.6 Å². The molecule has 28 heavy (non-hydrogen) atoms. The van der Waals surface area contributed by atoms with E-state index in [1.54, 1.807) is 19.2 Å². The van der Waals surface area contributed by atoms with E-state index in [1.807, 2.05) is 48.7 Å². The molecule has 0 bridgehead atoms. The van der Waals surface area contributed by atoms with Crippen molar-refractivity contribution < 1.29 is 13.5 Å². The number of alkyl halides is 2. The van der Waals surface area contributed by atoms with E-state index in [1.165, 1.54) is 0 Å². The minimum Gasteiger partial charge on any atom is -0.434 e. The molecule has 1 aromatic carbocycles. The number of nitrogens with one attached hydrogen (secondary N) is 2. The molecule has 0 aliphatic carbocycles. The molecule has 0 atom stereocenters. The van der Waals surface area contributed by atoms with Gasteiger partial charge in [0.05, 0.1) is 12.2 Å². The van der Waals surface area contributed by atoms with Crippen LogP contribution in [0.3, 0.4) is 0 Å². The first-order valence-electron chi connectivity index (χ1n) is 8.88. The largest absolute Gasteiger partial charge is 0.434 e. The van der Waals surface area contributed by atoms with Gasteiger partial charge in [-0.25, -0.2) is 4.98 Å². The lowest BCUT2D eigenvalue weighted by molar-refractivity contribution is -0.0504. The van der Waals surface area contributed by atoms with Crippen LogP contribution < -0.4 is 15.4 Å². The summed E-state index contributed by atoms with van der Waals surface area (Å²) in [5.41, 5.74) is 4.45. The second kappa shape index (κ2) is 8.69. The Bertz CT molecular complexity index is 984. The van der Waals surface area contributed by atoms with Crippen LogP contribution in [-0.4, -0.2) is 29.0 Å². The molecule has 3 aromatic rings. The third kappa shape index (κ3) is 4.76. The second-order valence-electron chi connectivity index (χ2n) is 6.40. The predicted octanol–water partition coefficient (Wildman–Crippen LogP) is 3.42. The maximum absolute atomic E-state index is 12.6. The molecule has 0 amide bonds. The van der Waals surface area contributed by atoms with E-state index >= 15 is 0 Å². The summed E-state index contributed by atoms with van der Waals surface area (Å²) in [4.78, 5) is 8.74. The van der Waals surface area contributed by atoms with Gasteiger partial charge in [-0.1, -0.05) is 23.8 Å². The fourth-order valence-electron chi connectivity index (χ4n) is 2.92. The fourth-order valence-corrected chi connectivity index (χ4v) is 2.92. The van der Waals surface area contributed by atoms with Crippen LogP contribution in [0, 0.1) is 13.8 Å². The SMILES string of the molecule is CN=C(NCc1cn2c(C)cccc2n1)NCc1cc(C)ccc1OC(F)F. The molecule has 0 saturated carbocycles. The number of nitrogens with zero attached hydrogens (tertiary/aromatic N) is 3. The Hall–Kier alpha value is -3.16. The Morgan fingerprint density at radius 1 is 1.18 bits per heavy atom. The first-order valence-corrected chi connectivity index (χ1v) is 8.88. The summed E-state index contributed by atoms with van der Waals surface area (Å²) in [5.74, 6) is 0.692. The van der Waals surface area contributed by atoms with Crippen molar-refractivity contribution in [1.82, 2.24) is 20.0 Å². The second-order valence-corrected chi connectivity index (χ2v) is 6.40. The van der Waals surface area contributed by atoms with E-state index in [-0.39, 0.29) is 5.75 Å². The van der Waals surface area contributed by atoms with Crippen molar-refractivity contribution in [3.05, 3.63) is 65.1 Å². The van der Waals surface area contributed by atoms with E-state index < -0.39 is 6.61 Å². The minimum atomic E-state index is -2.86. The maximum Gasteiger partial charge on any atom is 0.387 e. The van der Waals surface area contributed by atoms with E-state index in [0.29, 0.717) is 24.6 Å². The van der Waals surface area contributed by atoms with E-state index in [9.17, 15) is 8.78 Å². The summed E-state index contributed by atoms with van der Waals surface area (Å²) in [5, 5.41) is 6.31. The molecule has 0 aliphatic rings. The van der Waals surface area contributed by atoms with Crippen molar-refractivity contribution in [1.29, 1.82) is 0 Å². The van der Waals surface area contributed by atoms with Crippen LogP contribution in [0.25, 0.3) is 5.65 Å². The maximum atomic E-state index is 12.6. The number of pyridine rings is 1. The molecule has 8 heteroatoms. The minimum absolute atomic E-state index is 0.152. The molecule has 0 radical (unpaired) electrons. The Morgan fingerprint density at radius 3 is 2.68 bits per heavy atom. The van der Waals surface area contributed by atoms with Gasteiger partial charge in [-0.2, -0.15) is 8.78 Å². The average molecular weight is 387 g/mol. The van der Waals surface area contributed by atoms with Crippen LogP contribution in [0.1, 0.15) is 22.5 Å². The van der Waals surface area contributed by atoms with Crippen LogP contribution in [0.4, 0.5) is 8.78 Å². The molecule has 148 valence electrons. The summed E-state index contributed by atoms with van der Waals surface area (Å²) < 4.78 is 31.8. The Kier molecular flexibility index (Phi) is 6.08. The molecular formula is C20H23F2N5O. The number of hydrogen-bond acceptors (Lipinski definition) is 3. The number of ether oxygens (including phenoxy) is 1.